The molecule has 6 nitrogen and oxygen atoms in total. The first-order valence-corrected chi connectivity index (χ1v) is 6.80. The van der Waals surface area contributed by atoms with Crippen molar-refractivity contribution in [1.82, 2.24) is 5.32 Å². The van der Waals surface area contributed by atoms with Gasteiger partial charge >= 0.3 is 6.03 Å². The van der Waals surface area contributed by atoms with E-state index in [9.17, 15) is 14.4 Å². The molecule has 0 unspecified atom stereocenters. The molecule has 1 N–H and O–H groups in total. The highest BCUT2D eigenvalue weighted by Gasteiger charge is 2.47. The summed E-state index contributed by atoms with van der Waals surface area (Å²) in [4.78, 5) is 36.9. The lowest BCUT2D eigenvalue weighted by Gasteiger charge is -2.34. The minimum Gasteiger partial charge on any atom is -0.494 e. The van der Waals surface area contributed by atoms with E-state index >= 15 is 0 Å². The van der Waals surface area contributed by atoms with Crippen LogP contribution >= 0.6 is 0 Å². The van der Waals surface area contributed by atoms with E-state index < -0.39 is 23.3 Å². The number of barbiturate groups is 1. The zero-order valence-corrected chi connectivity index (χ0v) is 12.3. The van der Waals surface area contributed by atoms with Crippen LogP contribution in [0.25, 0.3) is 0 Å². The Labute approximate surface area is 123 Å². The van der Waals surface area contributed by atoms with Crippen molar-refractivity contribution in [3.63, 3.8) is 0 Å². The first-order valence-electron chi connectivity index (χ1n) is 6.80. The largest absolute Gasteiger partial charge is 0.494 e. The summed E-state index contributed by atoms with van der Waals surface area (Å²) in [5.74, 6) is -0.462. The summed E-state index contributed by atoms with van der Waals surface area (Å²) in [6.45, 7) is 5.58. The molecule has 4 amide bonds. The number of urea groups is 1. The highest BCUT2D eigenvalue weighted by atomic mass is 16.5. The standard InChI is InChI=1S/C15H18N2O4/c1-4-9-21-11-7-5-10(6-8-11)17-13(19)15(2,3)12(18)16-14(17)20/h5-8H,4,9H2,1-3H3,(H,16,18,20). The molecule has 0 saturated carbocycles. The van der Waals surface area contributed by atoms with Crippen LogP contribution in [-0.4, -0.2) is 24.5 Å². The van der Waals surface area contributed by atoms with Crippen LogP contribution in [0.3, 0.4) is 0 Å². The molecule has 1 aliphatic heterocycles. The van der Waals surface area contributed by atoms with Gasteiger partial charge in [-0.25, -0.2) is 9.69 Å². The Morgan fingerprint density at radius 3 is 2.33 bits per heavy atom. The van der Waals surface area contributed by atoms with Crippen molar-refractivity contribution in [2.24, 2.45) is 5.41 Å². The highest BCUT2D eigenvalue weighted by molar-refractivity contribution is 6.29. The SMILES string of the molecule is CCCOc1ccc(N2C(=O)NC(=O)C(C)(C)C2=O)cc1. The molecular formula is C15H18N2O4. The number of amides is 4. The minimum atomic E-state index is -1.27. The molecule has 0 spiro atoms. The number of carbonyl (C=O) groups is 3. The number of carbonyl (C=O) groups excluding carboxylic acids is 3. The third kappa shape index (κ3) is 2.74. The molecule has 112 valence electrons. The van der Waals surface area contributed by atoms with E-state index in [1.807, 2.05) is 6.92 Å². The average Bonchev–Trinajstić information content (AvgIpc) is 2.45. The maximum Gasteiger partial charge on any atom is 0.335 e. The zero-order chi connectivity index (χ0) is 15.6. The molecule has 0 aliphatic carbocycles. The number of hydrogen-bond acceptors (Lipinski definition) is 4. The lowest BCUT2D eigenvalue weighted by atomic mass is 9.88. The van der Waals surface area contributed by atoms with Crippen LogP contribution in [0.4, 0.5) is 10.5 Å². The Balaban J connectivity index is 2.26. The molecule has 1 aliphatic rings. The zero-order valence-electron chi connectivity index (χ0n) is 12.3. The first kappa shape index (κ1) is 15.0. The van der Waals surface area contributed by atoms with E-state index in [4.69, 9.17) is 4.74 Å². The van der Waals surface area contributed by atoms with Gasteiger partial charge in [-0.1, -0.05) is 6.92 Å². The summed E-state index contributed by atoms with van der Waals surface area (Å²) in [6, 6.07) is 5.89. The summed E-state index contributed by atoms with van der Waals surface area (Å²) in [7, 11) is 0. The maximum absolute atomic E-state index is 12.3. The van der Waals surface area contributed by atoms with Gasteiger partial charge in [-0.2, -0.15) is 0 Å². The van der Waals surface area contributed by atoms with Gasteiger partial charge in [0.1, 0.15) is 11.2 Å². The minimum absolute atomic E-state index is 0.405. The molecule has 1 heterocycles. The summed E-state index contributed by atoms with van der Waals surface area (Å²) < 4.78 is 5.45. The van der Waals surface area contributed by atoms with Gasteiger partial charge in [0.2, 0.25) is 11.8 Å². The van der Waals surface area contributed by atoms with Crippen LogP contribution in [0.15, 0.2) is 24.3 Å². The van der Waals surface area contributed by atoms with Crippen LogP contribution in [0.2, 0.25) is 0 Å². The van der Waals surface area contributed by atoms with Crippen molar-refractivity contribution in [1.29, 1.82) is 0 Å². The van der Waals surface area contributed by atoms with Crippen LogP contribution in [0, 0.1) is 5.41 Å². The van der Waals surface area contributed by atoms with Gasteiger partial charge in [0.05, 0.1) is 12.3 Å². The van der Waals surface area contributed by atoms with E-state index in [0.29, 0.717) is 18.0 Å². The van der Waals surface area contributed by atoms with Crippen LogP contribution < -0.4 is 15.0 Å². The van der Waals surface area contributed by atoms with Crippen molar-refractivity contribution in [2.45, 2.75) is 27.2 Å². The molecule has 1 aromatic rings. The second-order valence-corrected chi connectivity index (χ2v) is 5.37. The van der Waals surface area contributed by atoms with E-state index in [1.165, 1.54) is 13.8 Å². The number of imide groups is 2. The van der Waals surface area contributed by atoms with Gasteiger partial charge in [-0.3, -0.25) is 14.9 Å². The summed E-state index contributed by atoms with van der Waals surface area (Å²) in [5.41, 5.74) is -0.868. The van der Waals surface area contributed by atoms with Gasteiger partial charge in [-0.15, -0.1) is 0 Å². The third-order valence-electron chi connectivity index (χ3n) is 3.30. The summed E-state index contributed by atoms with van der Waals surface area (Å²) >= 11 is 0. The average molecular weight is 290 g/mol. The smallest absolute Gasteiger partial charge is 0.335 e. The molecule has 0 radical (unpaired) electrons. The number of nitrogens with zero attached hydrogens (tertiary/aromatic N) is 1. The second kappa shape index (κ2) is 5.55. The monoisotopic (exact) mass is 290 g/mol. The van der Waals surface area contributed by atoms with Crippen LogP contribution in [0.1, 0.15) is 27.2 Å². The number of nitrogens with one attached hydrogen (secondary N) is 1. The Bertz CT molecular complexity index is 578. The van der Waals surface area contributed by atoms with Crippen LogP contribution in [0.5, 0.6) is 5.75 Å². The lowest BCUT2D eigenvalue weighted by Crippen LogP contribution is -2.62. The first-order chi connectivity index (χ1) is 9.87. The Kier molecular flexibility index (Phi) is 3.97. The van der Waals surface area contributed by atoms with Gasteiger partial charge in [-0.05, 0) is 44.5 Å². The molecule has 0 bridgehead atoms. The molecule has 0 aromatic heterocycles. The fourth-order valence-corrected chi connectivity index (χ4v) is 1.92. The fourth-order valence-electron chi connectivity index (χ4n) is 1.92. The summed E-state index contributed by atoms with van der Waals surface area (Å²) in [5, 5.41) is 2.19. The molecule has 2 rings (SSSR count). The predicted molar refractivity (Wildman–Crippen MR) is 77.0 cm³/mol. The van der Waals surface area contributed by atoms with E-state index in [2.05, 4.69) is 5.32 Å². The molecule has 1 saturated heterocycles. The molecule has 1 aromatic carbocycles. The topological polar surface area (TPSA) is 75.7 Å². The third-order valence-corrected chi connectivity index (χ3v) is 3.30. The molecule has 1 fully saturated rings. The van der Waals surface area contributed by atoms with Gasteiger partial charge in [0, 0.05) is 0 Å². The van der Waals surface area contributed by atoms with E-state index in [1.54, 1.807) is 24.3 Å². The van der Waals surface area contributed by atoms with E-state index in [0.717, 1.165) is 11.3 Å². The Morgan fingerprint density at radius 2 is 1.76 bits per heavy atom. The fraction of sp³-hybridized carbons (Fsp3) is 0.400. The quantitative estimate of drug-likeness (QED) is 0.861. The molecule has 6 heteroatoms. The highest BCUT2D eigenvalue weighted by Crippen LogP contribution is 2.29. The van der Waals surface area contributed by atoms with Crippen molar-refractivity contribution in [3.05, 3.63) is 24.3 Å². The van der Waals surface area contributed by atoms with Gasteiger partial charge in [0.15, 0.2) is 0 Å². The number of benzene rings is 1. The normalized spacial score (nSPS) is 17.7. The number of anilines is 1. The summed E-state index contributed by atoms with van der Waals surface area (Å²) in [6.07, 6.45) is 0.894. The number of hydrogen-bond donors (Lipinski definition) is 1. The number of ether oxygens (including phenoxy) is 1. The van der Waals surface area contributed by atoms with Gasteiger partial charge < -0.3 is 4.74 Å². The molecule has 21 heavy (non-hydrogen) atoms. The van der Waals surface area contributed by atoms with Crippen molar-refractivity contribution in [2.75, 3.05) is 11.5 Å². The van der Waals surface area contributed by atoms with Crippen molar-refractivity contribution < 1.29 is 19.1 Å². The molecular weight excluding hydrogens is 272 g/mol. The predicted octanol–water partition coefficient (Wildman–Crippen LogP) is 2.08. The van der Waals surface area contributed by atoms with Crippen LogP contribution in [-0.2, 0) is 9.59 Å². The van der Waals surface area contributed by atoms with Crippen molar-refractivity contribution in [3.8, 4) is 5.75 Å². The maximum atomic E-state index is 12.3. The lowest BCUT2D eigenvalue weighted by molar-refractivity contribution is -0.140. The molecule has 0 atom stereocenters. The Morgan fingerprint density at radius 1 is 1.14 bits per heavy atom. The Hall–Kier alpha value is -2.37. The van der Waals surface area contributed by atoms with Crippen molar-refractivity contribution >= 4 is 23.5 Å². The van der Waals surface area contributed by atoms with Gasteiger partial charge in [0.25, 0.3) is 0 Å². The van der Waals surface area contributed by atoms with E-state index in [-0.39, 0.29) is 0 Å². The number of rotatable bonds is 4. The second-order valence-electron chi connectivity index (χ2n) is 5.37.